The minimum atomic E-state index is -0.230. The van der Waals surface area contributed by atoms with Crippen LogP contribution in [-0.2, 0) is 10.2 Å². The molecule has 1 aromatic heterocycles. The van der Waals surface area contributed by atoms with Crippen molar-refractivity contribution in [3.05, 3.63) is 5.01 Å². The second kappa shape index (κ2) is 5.32. The first-order chi connectivity index (χ1) is 9.92. The summed E-state index contributed by atoms with van der Waals surface area (Å²) >= 11 is 1.49. The average molecular weight is 308 g/mol. The molecule has 0 bridgehead atoms. The standard InChI is InChI=1S/C15H24N4OS/c1-14(2,3)12-18-19-13(21-12)17-11(20)15-7-5-4-6-10(15)8-16-9-15/h10,16H,4-9H2,1-3H3,(H,17,19,20)/t10-,15+/m0/s1. The SMILES string of the molecule is CC(C)(C)c1nnc(NC(=O)[C@@]23CCCC[C@H]2CNC3)s1. The van der Waals surface area contributed by atoms with E-state index in [4.69, 9.17) is 0 Å². The van der Waals surface area contributed by atoms with Gasteiger partial charge in [-0.2, -0.15) is 0 Å². The molecule has 116 valence electrons. The van der Waals surface area contributed by atoms with E-state index < -0.39 is 0 Å². The van der Waals surface area contributed by atoms with Gasteiger partial charge in [-0.15, -0.1) is 10.2 Å². The van der Waals surface area contributed by atoms with Crippen LogP contribution in [0.5, 0.6) is 0 Å². The highest BCUT2D eigenvalue weighted by Crippen LogP contribution is 2.44. The first-order valence-electron chi connectivity index (χ1n) is 7.78. The summed E-state index contributed by atoms with van der Waals surface area (Å²) in [6, 6.07) is 0. The maximum Gasteiger partial charge on any atom is 0.234 e. The summed E-state index contributed by atoms with van der Waals surface area (Å²) in [5.74, 6) is 0.607. The van der Waals surface area contributed by atoms with Crippen LogP contribution >= 0.6 is 11.3 Å². The lowest BCUT2D eigenvalue weighted by atomic mass is 9.68. The third kappa shape index (κ3) is 2.71. The molecule has 3 rings (SSSR count). The lowest BCUT2D eigenvalue weighted by Gasteiger charge is -2.36. The van der Waals surface area contributed by atoms with Gasteiger partial charge in [0, 0.05) is 12.0 Å². The molecule has 0 unspecified atom stereocenters. The van der Waals surface area contributed by atoms with Gasteiger partial charge in [-0.3, -0.25) is 10.1 Å². The van der Waals surface area contributed by atoms with Gasteiger partial charge in [0.15, 0.2) is 0 Å². The van der Waals surface area contributed by atoms with Gasteiger partial charge in [-0.25, -0.2) is 0 Å². The lowest BCUT2D eigenvalue weighted by Crippen LogP contribution is -2.44. The van der Waals surface area contributed by atoms with Gasteiger partial charge in [0.05, 0.1) is 5.41 Å². The molecule has 2 fully saturated rings. The van der Waals surface area contributed by atoms with Crippen LogP contribution in [0.15, 0.2) is 0 Å². The smallest absolute Gasteiger partial charge is 0.234 e. The maximum atomic E-state index is 12.8. The van der Waals surface area contributed by atoms with Gasteiger partial charge < -0.3 is 5.32 Å². The molecule has 1 aliphatic heterocycles. The van der Waals surface area contributed by atoms with E-state index in [0.717, 1.165) is 37.4 Å². The number of carbonyl (C=O) groups is 1. The van der Waals surface area contributed by atoms with Gasteiger partial charge in [-0.1, -0.05) is 44.9 Å². The van der Waals surface area contributed by atoms with E-state index in [9.17, 15) is 4.79 Å². The number of amides is 1. The van der Waals surface area contributed by atoms with Crippen molar-refractivity contribution < 1.29 is 4.79 Å². The third-order valence-corrected chi connectivity index (χ3v) is 6.04. The van der Waals surface area contributed by atoms with Crippen LogP contribution in [0.2, 0.25) is 0 Å². The highest BCUT2D eigenvalue weighted by molar-refractivity contribution is 7.15. The summed E-state index contributed by atoms with van der Waals surface area (Å²) in [6.45, 7) is 8.09. The summed E-state index contributed by atoms with van der Waals surface area (Å²) < 4.78 is 0. The van der Waals surface area contributed by atoms with Gasteiger partial charge >= 0.3 is 0 Å². The number of carbonyl (C=O) groups excluding carboxylic acids is 1. The normalized spacial score (nSPS) is 29.2. The average Bonchev–Trinajstić information content (AvgIpc) is 3.04. The molecule has 1 amide bonds. The van der Waals surface area contributed by atoms with E-state index >= 15 is 0 Å². The molecule has 1 aromatic rings. The van der Waals surface area contributed by atoms with Crippen LogP contribution in [0.3, 0.4) is 0 Å². The van der Waals surface area contributed by atoms with E-state index in [1.54, 1.807) is 0 Å². The molecule has 0 aromatic carbocycles. The van der Waals surface area contributed by atoms with E-state index in [1.807, 2.05) is 0 Å². The second-order valence-corrected chi connectivity index (χ2v) is 8.32. The summed E-state index contributed by atoms with van der Waals surface area (Å²) in [4.78, 5) is 12.8. The number of nitrogens with one attached hydrogen (secondary N) is 2. The van der Waals surface area contributed by atoms with Crippen molar-refractivity contribution in [2.24, 2.45) is 11.3 Å². The summed E-state index contributed by atoms with van der Waals surface area (Å²) in [5.41, 5.74) is -0.257. The Balaban J connectivity index is 1.75. The number of fused-ring (bicyclic) bond motifs is 1. The molecule has 21 heavy (non-hydrogen) atoms. The van der Waals surface area contributed by atoms with Crippen LogP contribution in [0.25, 0.3) is 0 Å². The molecule has 1 saturated heterocycles. The van der Waals surface area contributed by atoms with Crippen molar-refractivity contribution in [2.45, 2.75) is 51.9 Å². The Kier molecular flexibility index (Phi) is 3.78. The predicted octanol–water partition coefficient (Wildman–Crippen LogP) is 2.55. The van der Waals surface area contributed by atoms with Crippen molar-refractivity contribution >= 4 is 22.4 Å². The van der Waals surface area contributed by atoms with Crippen LogP contribution < -0.4 is 10.6 Å². The number of aromatic nitrogens is 2. The van der Waals surface area contributed by atoms with Crippen LogP contribution in [0.1, 0.15) is 51.5 Å². The first kappa shape index (κ1) is 14.9. The molecule has 1 aliphatic carbocycles. The Morgan fingerprint density at radius 2 is 2.19 bits per heavy atom. The van der Waals surface area contributed by atoms with Gasteiger partial charge in [0.1, 0.15) is 5.01 Å². The Bertz CT molecular complexity index is 536. The Morgan fingerprint density at radius 1 is 1.38 bits per heavy atom. The molecule has 0 spiro atoms. The topological polar surface area (TPSA) is 66.9 Å². The lowest BCUT2D eigenvalue weighted by molar-refractivity contribution is -0.128. The predicted molar refractivity (Wildman–Crippen MR) is 84.5 cm³/mol. The summed E-state index contributed by atoms with van der Waals surface area (Å²) in [6.07, 6.45) is 4.54. The number of rotatable bonds is 2. The monoisotopic (exact) mass is 308 g/mol. The highest BCUT2D eigenvalue weighted by atomic mass is 32.1. The van der Waals surface area contributed by atoms with Crippen LogP contribution in [0.4, 0.5) is 5.13 Å². The molecule has 2 heterocycles. The largest absolute Gasteiger partial charge is 0.315 e. The Morgan fingerprint density at radius 3 is 2.90 bits per heavy atom. The molecular weight excluding hydrogens is 284 g/mol. The van der Waals surface area contributed by atoms with Crippen molar-refractivity contribution in [3.8, 4) is 0 Å². The number of anilines is 1. The maximum absolute atomic E-state index is 12.8. The molecule has 5 nitrogen and oxygen atoms in total. The molecule has 0 radical (unpaired) electrons. The fraction of sp³-hybridized carbons (Fsp3) is 0.800. The number of nitrogens with zero attached hydrogens (tertiary/aromatic N) is 2. The minimum Gasteiger partial charge on any atom is -0.315 e. The Hall–Kier alpha value is -1.01. The van der Waals surface area contributed by atoms with Crippen LogP contribution in [-0.4, -0.2) is 29.2 Å². The van der Waals surface area contributed by atoms with E-state index in [0.29, 0.717) is 11.0 Å². The fourth-order valence-electron chi connectivity index (χ4n) is 3.49. The van der Waals surface area contributed by atoms with Crippen molar-refractivity contribution in [3.63, 3.8) is 0 Å². The zero-order valence-electron chi connectivity index (χ0n) is 13.0. The molecule has 2 atom stereocenters. The van der Waals surface area contributed by atoms with Gasteiger partial charge in [-0.05, 0) is 25.3 Å². The molecule has 2 aliphatic rings. The van der Waals surface area contributed by atoms with Crippen molar-refractivity contribution in [2.75, 3.05) is 18.4 Å². The minimum absolute atomic E-state index is 0.0266. The fourth-order valence-corrected chi connectivity index (χ4v) is 4.29. The summed E-state index contributed by atoms with van der Waals surface area (Å²) in [7, 11) is 0. The number of hydrogen-bond donors (Lipinski definition) is 2. The molecular formula is C15H24N4OS. The third-order valence-electron chi connectivity index (χ3n) is 4.78. The molecule has 6 heteroatoms. The number of hydrogen-bond acceptors (Lipinski definition) is 5. The van der Waals surface area contributed by atoms with E-state index in [1.165, 1.54) is 17.8 Å². The van der Waals surface area contributed by atoms with E-state index in [-0.39, 0.29) is 16.7 Å². The Labute approximate surface area is 129 Å². The van der Waals surface area contributed by atoms with Gasteiger partial charge in [0.2, 0.25) is 11.0 Å². The second-order valence-electron chi connectivity index (χ2n) is 7.35. The molecule has 2 N–H and O–H groups in total. The van der Waals surface area contributed by atoms with Gasteiger partial charge in [0.25, 0.3) is 0 Å². The first-order valence-corrected chi connectivity index (χ1v) is 8.60. The summed E-state index contributed by atoms with van der Waals surface area (Å²) in [5, 5.41) is 16.4. The zero-order valence-corrected chi connectivity index (χ0v) is 13.8. The van der Waals surface area contributed by atoms with Crippen molar-refractivity contribution in [1.29, 1.82) is 0 Å². The van der Waals surface area contributed by atoms with E-state index in [2.05, 4.69) is 41.6 Å². The molecule has 1 saturated carbocycles. The van der Waals surface area contributed by atoms with Crippen LogP contribution in [0, 0.1) is 11.3 Å². The van der Waals surface area contributed by atoms with Crippen molar-refractivity contribution in [1.82, 2.24) is 15.5 Å². The zero-order chi connectivity index (χ0) is 15.1. The quantitative estimate of drug-likeness (QED) is 0.881. The highest BCUT2D eigenvalue weighted by Gasteiger charge is 2.50.